The Kier molecular flexibility index (Phi) is 10.6. The lowest BCUT2D eigenvalue weighted by Gasteiger charge is -2.13. The van der Waals surface area contributed by atoms with Crippen molar-refractivity contribution < 1.29 is 9.18 Å². The van der Waals surface area contributed by atoms with E-state index in [0.29, 0.717) is 31.2 Å². The number of aliphatic imine (C=N–C) groups is 1. The first kappa shape index (κ1) is 26.6. The number of carbonyl (C=O) groups is 1. The number of amides is 1. The molecule has 0 saturated carbocycles. The largest absolute Gasteiger partial charge is 0.361 e. The Balaban J connectivity index is 0.00000385. The van der Waals surface area contributed by atoms with Gasteiger partial charge in [0.15, 0.2) is 5.96 Å². The SMILES string of the molecule is CN=C(NCCc1c[nH]c2ccc(F)cc12)NCc1cccc(C(=O)NCCN(C)C)c1.I. The third-order valence-electron chi connectivity index (χ3n) is 5.13. The summed E-state index contributed by atoms with van der Waals surface area (Å²) in [6.45, 7) is 2.59. The van der Waals surface area contributed by atoms with Crippen LogP contribution in [0.15, 0.2) is 53.7 Å². The fraction of sp³-hybridized carbons (Fsp3) is 0.333. The molecular weight excluding hydrogens is 534 g/mol. The summed E-state index contributed by atoms with van der Waals surface area (Å²) in [5, 5.41) is 10.4. The van der Waals surface area contributed by atoms with E-state index in [1.165, 1.54) is 6.07 Å². The van der Waals surface area contributed by atoms with Crippen molar-refractivity contribution in [1.29, 1.82) is 0 Å². The van der Waals surface area contributed by atoms with Crippen LogP contribution in [0.3, 0.4) is 0 Å². The molecule has 0 bridgehead atoms. The minimum absolute atomic E-state index is 0. The predicted molar refractivity (Wildman–Crippen MR) is 143 cm³/mol. The van der Waals surface area contributed by atoms with Crippen LogP contribution in [0.2, 0.25) is 0 Å². The highest BCUT2D eigenvalue weighted by Crippen LogP contribution is 2.19. The fourth-order valence-electron chi connectivity index (χ4n) is 3.40. The van der Waals surface area contributed by atoms with Crippen LogP contribution in [0, 0.1) is 5.82 Å². The molecule has 3 rings (SSSR count). The molecule has 0 aliphatic rings. The highest BCUT2D eigenvalue weighted by atomic mass is 127. The van der Waals surface area contributed by atoms with Crippen LogP contribution in [0.25, 0.3) is 10.9 Å². The van der Waals surface area contributed by atoms with Gasteiger partial charge in [0, 0.05) is 55.9 Å². The molecule has 0 saturated heterocycles. The van der Waals surface area contributed by atoms with Gasteiger partial charge >= 0.3 is 0 Å². The maximum Gasteiger partial charge on any atom is 0.251 e. The van der Waals surface area contributed by atoms with Crippen LogP contribution in [0.5, 0.6) is 0 Å². The van der Waals surface area contributed by atoms with Gasteiger partial charge in [-0.05, 0) is 62.0 Å². The number of likely N-dealkylation sites (N-methyl/N-ethyl adjacent to an activating group) is 1. The summed E-state index contributed by atoms with van der Waals surface area (Å²) in [5.74, 6) is 0.348. The molecule has 1 heterocycles. The Bertz CT molecular complexity index is 1080. The van der Waals surface area contributed by atoms with Crippen LogP contribution in [0.4, 0.5) is 4.39 Å². The third kappa shape index (κ3) is 8.01. The van der Waals surface area contributed by atoms with Gasteiger partial charge in [-0.15, -0.1) is 24.0 Å². The molecule has 2 aromatic carbocycles. The first-order valence-corrected chi connectivity index (χ1v) is 10.7. The van der Waals surface area contributed by atoms with E-state index in [2.05, 4.69) is 25.9 Å². The number of hydrogen-bond donors (Lipinski definition) is 4. The molecule has 0 aliphatic carbocycles. The van der Waals surface area contributed by atoms with Crippen LogP contribution < -0.4 is 16.0 Å². The van der Waals surface area contributed by atoms with Gasteiger partial charge in [0.1, 0.15) is 5.82 Å². The van der Waals surface area contributed by atoms with Gasteiger partial charge < -0.3 is 25.8 Å². The number of nitrogens with zero attached hydrogens (tertiary/aromatic N) is 2. The average molecular weight is 566 g/mol. The number of aromatic amines is 1. The highest BCUT2D eigenvalue weighted by molar-refractivity contribution is 14.0. The van der Waals surface area contributed by atoms with Crippen LogP contribution in [0.1, 0.15) is 21.5 Å². The number of H-pyrrole nitrogens is 1. The second-order valence-corrected chi connectivity index (χ2v) is 7.87. The van der Waals surface area contributed by atoms with Crippen LogP contribution in [-0.2, 0) is 13.0 Å². The summed E-state index contributed by atoms with van der Waals surface area (Å²) >= 11 is 0. The summed E-state index contributed by atoms with van der Waals surface area (Å²) in [7, 11) is 5.66. The zero-order valence-electron chi connectivity index (χ0n) is 19.2. The molecule has 1 amide bonds. The second kappa shape index (κ2) is 13.1. The highest BCUT2D eigenvalue weighted by Gasteiger charge is 2.08. The quantitative estimate of drug-likeness (QED) is 0.182. The van der Waals surface area contributed by atoms with E-state index < -0.39 is 0 Å². The lowest BCUT2D eigenvalue weighted by atomic mass is 10.1. The van der Waals surface area contributed by atoms with Gasteiger partial charge in [0.2, 0.25) is 0 Å². The summed E-state index contributed by atoms with van der Waals surface area (Å²) in [6, 6.07) is 12.3. The first-order valence-electron chi connectivity index (χ1n) is 10.7. The normalized spacial score (nSPS) is 11.4. The summed E-state index contributed by atoms with van der Waals surface area (Å²) in [5.41, 5.74) is 3.60. The average Bonchev–Trinajstić information content (AvgIpc) is 3.18. The number of fused-ring (bicyclic) bond motifs is 1. The Hall–Kier alpha value is -2.66. The summed E-state index contributed by atoms with van der Waals surface area (Å²) in [4.78, 5) is 21.8. The van der Waals surface area contributed by atoms with E-state index in [-0.39, 0.29) is 35.7 Å². The number of guanidine groups is 1. The molecule has 0 unspecified atom stereocenters. The number of nitrogens with one attached hydrogen (secondary N) is 4. The lowest BCUT2D eigenvalue weighted by Crippen LogP contribution is -2.37. The number of halogens is 2. The fourth-order valence-corrected chi connectivity index (χ4v) is 3.40. The van der Waals surface area contributed by atoms with Crippen molar-refractivity contribution in [2.75, 3.05) is 40.8 Å². The maximum absolute atomic E-state index is 13.5. The number of aromatic nitrogens is 1. The second-order valence-electron chi connectivity index (χ2n) is 7.87. The lowest BCUT2D eigenvalue weighted by molar-refractivity contribution is 0.0951. The monoisotopic (exact) mass is 566 g/mol. The Labute approximate surface area is 211 Å². The minimum atomic E-state index is -0.239. The van der Waals surface area contributed by atoms with Gasteiger partial charge in [-0.2, -0.15) is 0 Å². The molecule has 4 N–H and O–H groups in total. The molecule has 0 atom stereocenters. The van der Waals surface area contributed by atoms with Gasteiger partial charge in [-0.3, -0.25) is 9.79 Å². The number of carbonyl (C=O) groups excluding carboxylic acids is 1. The Morgan fingerprint density at radius 3 is 2.67 bits per heavy atom. The minimum Gasteiger partial charge on any atom is -0.361 e. The molecule has 178 valence electrons. The molecule has 9 heteroatoms. The smallest absolute Gasteiger partial charge is 0.251 e. The summed E-state index contributed by atoms with van der Waals surface area (Å²) < 4.78 is 13.5. The molecule has 7 nitrogen and oxygen atoms in total. The molecule has 0 radical (unpaired) electrons. The molecule has 0 spiro atoms. The van der Waals surface area contributed by atoms with Crippen molar-refractivity contribution in [3.63, 3.8) is 0 Å². The Morgan fingerprint density at radius 1 is 1.09 bits per heavy atom. The molecule has 0 aliphatic heterocycles. The van der Waals surface area contributed by atoms with E-state index in [1.807, 2.05) is 49.5 Å². The molecule has 0 fully saturated rings. The van der Waals surface area contributed by atoms with Crippen LogP contribution >= 0.6 is 24.0 Å². The third-order valence-corrected chi connectivity index (χ3v) is 5.13. The molecule has 33 heavy (non-hydrogen) atoms. The molecule has 1 aromatic heterocycles. The van der Waals surface area contributed by atoms with Crippen molar-refractivity contribution in [2.24, 2.45) is 4.99 Å². The van der Waals surface area contributed by atoms with E-state index in [9.17, 15) is 9.18 Å². The van der Waals surface area contributed by atoms with E-state index in [4.69, 9.17) is 0 Å². The van der Waals surface area contributed by atoms with Crippen molar-refractivity contribution in [3.8, 4) is 0 Å². The van der Waals surface area contributed by atoms with Gasteiger partial charge in [0.25, 0.3) is 5.91 Å². The number of benzene rings is 2. The number of hydrogen-bond acceptors (Lipinski definition) is 3. The van der Waals surface area contributed by atoms with Crippen molar-refractivity contribution in [3.05, 3.63) is 71.2 Å². The first-order chi connectivity index (χ1) is 15.5. The maximum atomic E-state index is 13.5. The van der Waals surface area contributed by atoms with E-state index in [0.717, 1.165) is 35.0 Å². The topological polar surface area (TPSA) is 84.5 Å². The number of rotatable bonds is 9. The Morgan fingerprint density at radius 2 is 1.91 bits per heavy atom. The molecular formula is C24H32FIN6O. The zero-order valence-corrected chi connectivity index (χ0v) is 21.6. The molecule has 3 aromatic rings. The zero-order chi connectivity index (χ0) is 22.9. The van der Waals surface area contributed by atoms with Crippen molar-refractivity contribution >= 4 is 46.7 Å². The van der Waals surface area contributed by atoms with Gasteiger partial charge in [-0.25, -0.2) is 4.39 Å². The van der Waals surface area contributed by atoms with Gasteiger partial charge in [-0.1, -0.05) is 12.1 Å². The van der Waals surface area contributed by atoms with Crippen LogP contribution in [-0.4, -0.2) is 62.5 Å². The predicted octanol–water partition coefficient (Wildman–Crippen LogP) is 3.12. The standard InChI is InChI=1S/C24H31FN6O.HI/c1-26-24(28-10-9-19-16-29-22-8-7-20(25)14-21(19)22)30-15-17-5-4-6-18(13-17)23(32)27-11-12-31(2)3;/h4-8,13-14,16,29H,9-12,15H2,1-3H3,(H,27,32)(H2,26,28,30);1H. The summed E-state index contributed by atoms with van der Waals surface area (Å²) in [6.07, 6.45) is 2.64. The van der Waals surface area contributed by atoms with Crippen molar-refractivity contribution in [2.45, 2.75) is 13.0 Å². The van der Waals surface area contributed by atoms with E-state index in [1.54, 1.807) is 19.2 Å². The van der Waals surface area contributed by atoms with E-state index >= 15 is 0 Å². The van der Waals surface area contributed by atoms with Crippen molar-refractivity contribution in [1.82, 2.24) is 25.8 Å². The van der Waals surface area contributed by atoms with Gasteiger partial charge in [0.05, 0.1) is 0 Å².